The molecule has 1 aliphatic heterocycles. The predicted octanol–water partition coefficient (Wildman–Crippen LogP) is 3.98. The van der Waals surface area contributed by atoms with Crippen molar-refractivity contribution in [3.63, 3.8) is 0 Å². The van der Waals surface area contributed by atoms with Gasteiger partial charge in [0.2, 0.25) is 0 Å². The van der Waals surface area contributed by atoms with Gasteiger partial charge in [0.1, 0.15) is 6.26 Å². The van der Waals surface area contributed by atoms with Gasteiger partial charge in [0.15, 0.2) is 5.69 Å². The quantitative estimate of drug-likeness (QED) is 0.699. The highest BCUT2D eigenvalue weighted by Crippen LogP contribution is 2.33. The van der Waals surface area contributed by atoms with Gasteiger partial charge < -0.3 is 9.73 Å². The molecule has 1 amide bonds. The Balaban J connectivity index is 1.74. The third kappa shape index (κ3) is 5.18. The van der Waals surface area contributed by atoms with Crippen LogP contribution in [0.15, 0.2) is 28.9 Å². The van der Waals surface area contributed by atoms with Gasteiger partial charge in [-0.15, -0.1) is 0 Å². The number of oxazole rings is 1. The van der Waals surface area contributed by atoms with E-state index in [-0.39, 0.29) is 29.5 Å². The van der Waals surface area contributed by atoms with Gasteiger partial charge in [-0.05, 0) is 51.3 Å². The molecule has 2 heterocycles. The Kier molecular flexibility index (Phi) is 6.33. The summed E-state index contributed by atoms with van der Waals surface area (Å²) in [5.74, 6) is -0.998. The topological polar surface area (TPSA) is 105 Å². The van der Waals surface area contributed by atoms with Crippen molar-refractivity contribution in [2.45, 2.75) is 58.3 Å². The van der Waals surface area contributed by atoms with E-state index in [1.54, 1.807) is 20.8 Å². The van der Waals surface area contributed by atoms with Crippen LogP contribution in [0.4, 0.5) is 24.9 Å². The van der Waals surface area contributed by atoms with Gasteiger partial charge in [-0.2, -0.15) is 30.9 Å². The third-order valence-electron chi connectivity index (χ3n) is 5.16. The summed E-state index contributed by atoms with van der Waals surface area (Å²) in [4.78, 5) is 16.3. The van der Waals surface area contributed by atoms with Gasteiger partial charge in [-0.1, -0.05) is 12.5 Å². The number of alkyl halides is 3. The van der Waals surface area contributed by atoms with Crippen LogP contribution in [0.2, 0.25) is 0 Å². The molecule has 0 unspecified atom stereocenters. The van der Waals surface area contributed by atoms with E-state index in [1.165, 1.54) is 10.4 Å². The number of carbonyl (C=O) groups excluding carboxylic acids is 1. The molecule has 2 aromatic rings. The maximum atomic E-state index is 12.9. The highest BCUT2D eigenvalue weighted by molar-refractivity contribution is 7.87. The van der Waals surface area contributed by atoms with Crippen molar-refractivity contribution in [3.05, 3.63) is 41.3 Å². The lowest BCUT2D eigenvalue weighted by Crippen LogP contribution is -2.53. The van der Waals surface area contributed by atoms with E-state index in [0.29, 0.717) is 18.4 Å². The summed E-state index contributed by atoms with van der Waals surface area (Å²) in [6.07, 6.45) is -1.32. The molecule has 1 aromatic carbocycles. The van der Waals surface area contributed by atoms with Crippen molar-refractivity contribution >= 4 is 27.8 Å². The molecular weight excluding hydrogens is 437 g/mol. The molecule has 0 bridgehead atoms. The lowest BCUT2D eigenvalue weighted by Gasteiger charge is -2.37. The van der Waals surface area contributed by atoms with Crippen molar-refractivity contribution in [1.82, 2.24) is 14.0 Å². The molecule has 31 heavy (non-hydrogen) atoms. The highest BCUT2D eigenvalue weighted by atomic mass is 32.2. The zero-order valence-corrected chi connectivity index (χ0v) is 18.0. The van der Waals surface area contributed by atoms with Crippen LogP contribution in [0.5, 0.6) is 0 Å². The molecule has 1 fully saturated rings. The average Bonchev–Trinajstić information content (AvgIpc) is 3.10. The zero-order valence-electron chi connectivity index (χ0n) is 17.2. The van der Waals surface area contributed by atoms with E-state index < -0.39 is 27.9 Å². The van der Waals surface area contributed by atoms with E-state index in [0.717, 1.165) is 24.8 Å². The Morgan fingerprint density at radius 1 is 1.23 bits per heavy atom. The van der Waals surface area contributed by atoms with E-state index >= 15 is 0 Å². The molecule has 2 N–H and O–H groups in total. The van der Waals surface area contributed by atoms with Gasteiger partial charge in [0.25, 0.3) is 11.9 Å². The Morgan fingerprint density at radius 2 is 1.87 bits per heavy atom. The zero-order chi connectivity index (χ0) is 23.0. The van der Waals surface area contributed by atoms with Crippen LogP contribution in [0.1, 0.15) is 54.7 Å². The molecule has 0 radical (unpaired) electrons. The minimum atomic E-state index is -4.52. The second kappa shape index (κ2) is 8.50. The second-order valence-electron chi connectivity index (χ2n) is 7.59. The maximum absolute atomic E-state index is 12.9. The first-order chi connectivity index (χ1) is 14.4. The number of amides is 1. The van der Waals surface area contributed by atoms with E-state index in [2.05, 4.69) is 10.3 Å². The fourth-order valence-corrected chi connectivity index (χ4v) is 5.18. The van der Waals surface area contributed by atoms with E-state index in [4.69, 9.17) is 4.42 Å². The number of carbonyl (C=O) groups is 1. The number of aryl methyl sites for hydroxylation is 1. The summed E-state index contributed by atoms with van der Waals surface area (Å²) < 4.78 is 72.5. The fourth-order valence-electron chi connectivity index (χ4n) is 3.58. The number of piperidine rings is 1. The SMILES string of the molecule is Cc1ccc(C(F)(F)F)cc1Nc1nc(C(=O)NS(=O)(=O)N2[C@H](C)CCC[C@@H]2C)co1. The van der Waals surface area contributed by atoms with Crippen LogP contribution < -0.4 is 10.0 Å². The summed E-state index contributed by atoms with van der Waals surface area (Å²) >= 11 is 0. The molecule has 1 aliphatic rings. The van der Waals surface area contributed by atoms with Crippen molar-refractivity contribution in [1.29, 1.82) is 0 Å². The summed E-state index contributed by atoms with van der Waals surface area (Å²) in [6, 6.07) is 2.37. The van der Waals surface area contributed by atoms with Crippen LogP contribution in [0.3, 0.4) is 0 Å². The van der Waals surface area contributed by atoms with Crippen molar-refractivity contribution < 1.29 is 30.8 Å². The summed E-state index contributed by atoms with van der Waals surface area (Å²) in [7, 11) is -4.10. The van der Waals surface area contributed by atoms with Gasteiger partial charge in [0, 0.05) is 17.8 Å². The summed E-state index contributed by atoms with van der Waals surface area (Å²) in [6.45, 7) is 5.14. The molecule has 3 rings (SSSR count). The molecule has 1 saturated heterocycles. The first kappa shape index (κ1) is 23.1. The van der Waals surface area contributed by atoms with Crippen LogP contribution in [-0.4, -0.2) is 35.7 Å². The lowest BCUT2D eigenvalue weighted by atomic mass is 10.0. The van der Waals surface area contributed by atoms with E-state index in [9.17, 15) is 26.4 Å². The number of nitrogens with zero attached hydrogens (tertiary/aromatic N) is 2. The Morgan fingerprint density at radius 3 is 2.48 bits per heavy atom. The summed E-state index contributed by atoms with van der Waals surface area (Å²) in [5.41, 5.74) is -0.603. The lowest BCUT2D eigenvalue weighted by molar-refractivity contribution is -0.137. The smallest absolute Gasteiger partial charge is 0.416 e. The molecule has 170 valence electrons. The predicted molar refractivity (Wildman–Crippen MR) is 107 cm³/mol. The van der Waals surface area contributed by atoms with Crippen LogP contribution in [-0.2, 0) is 16.4 Å². The molecule has 0 spiro atoms. The van der Waals surface area contributed by atoms with Crippen molar-refractivity contribution in [2.75, 3.05) is 5.32 Å². The molecular formula is C19H23F3N4O4S. The minimum Gasteiger partial charge on any atom is -0.431 e. The number of halogens is 3. The Hall–Kier alpha value is -2.60. The van der Waals surface area contributed by atoms with Crippen molar-refractivity contribution in [3.8, 4) is 0 Å². The highest BCUT2D eigenvalue weighted by Gasteiger charge is 2.36. The standard InChI is InChI=1S/C19H23F3N4O4S/c1-11-7-8-14(19(20,21)22)9-15(11)23-18-24-16(10-30-18)17(27)25-31(28,29)26-12(2)5-4-6-13(26)3/h7-10,12-13H,4-6H2,1-3H3,(H,23,24)(H,25,27)/t12-,13+. The van der Waals surface area contributed by atoms with Crippen LogP contribution in [0, 0.1) is 6.92 Å². The van der Waals surface area contributed by atoms with Gasteiger partial charge in [-0.3, -0.25) is 4.79 Å². The third-order valence-corrected chi connectivity index (χ3v) is 6.87. The van der Waals surface area contributed by atoms with Gasteiger partial charge in [0.05, 0.1) is 5.56 Å². The Labute approximate surface area is 178 Å². The molecule has 2 atom stereocenters. The van der Waals surface area contributed by atoms with Crippen LogP contribution >= 0.6 is 0 Å². The maximum Gasteiger partial charge on any atom is 0.416 e. The summed E-state index contributed by atoms with van der Waals surface area (Å²) in [5, 5.41) is 2.58. The number of hydrogen-bond acceptors (Lipinski definition) is 6. The molecule has 12 heteroatoms. The van der Waals surface area contributed by atoms with E-state index in [1.807, 2.05) is 4.72 Å². The minimum absolute atomic E-state index is 0.0900. The second-order valence-corrected chi connectivity index (χ2v) is 9.16. The average molecular weight is 460 g/mol. The van der Waals surface area contributed by atoms with Gasteiger partial charge in [-0.25, -0.2) is 4.72 Å². The largest absolute Gasteiger partial charge is 0.431 e. The first-order valence-electron chi connectivity index (χ1n) is 9.64. The molecule has 1 aromatic heterocycles. The first-order valence-corrected chi connectivity index (χ1v) is 11.1. The number of benzene rings is 1. The Bertz CT molecular complexity index is 1060. The molecule has 0 aliphatic carbocycles. The number of nitrogens with one attached hydrogen (secondary N) is 2. The number of rotatable bonds is 5. The number of hydrogen-bond donors (Lipinski definition) is 2. The normalized spacial score (nSPS) is 20.5. The molecule has 0 saturated carbocycles. The number of anilines is 2. The molecule has 8 nitrogen and oxygen atoms in total. The van der Waals surface area contributed by atoms with Gasteiger partial charge >= 0.3 is 16.4 Å². The fraction of sp³-hybridized carbons (Fsp3) is 0.474. The van der Waals surface area contributed by atoms with Crippen LogP contribution in [0.25, 0.3) is 0 Å². The number of aromatic nitrogens is 1. The monoisotopic (exact) mass is 460 g/mol. The van der Waals surface area contributed by atoms with Crippen molar-refractivity contribution in [2.24, 2.45) is 0 Å².